The Labute approximate surface area is 137 Å². The van der Waals surface area contributed by atoms with E-state index in [1.165, 1.54) is 5.56 Å². The molecule has 1 fully saturated rings. The summed E-state index contributed by atoms with van der Waals surface area (Å²) in [6, 6.07) is 16.3. The molecular weight excluding hydrogens is 286 g/mol. The number of rotatable bonds is 5. The third-order valence-corrected chi connectivity index (χ3v) is 4.55. The van der Waals surface area contributed by atoms with Crippen molar-refractivity contribution < 1.29 is 5.11 Å². The molecule has 0 radical (unpaired) electrons. The van der Waals surface area contributed by atoms with Gasteiger partial charge in [0.2, 0.25) is 0 Å². The number of anilines is 1. The number of hydrogen-bond acceptors (Lipinski definition) is 4. The summed E-state index contributed by atoms with van der Waals surface area (Å²) in [5.74, 6) is 0.277. The fourth-order valence-corrected chi connectivity index (χ4v) is 3.25. The number of hydrogen-bond donors (Lipinski definition) is 3. The lowest BCUT2D eigenvalue weighted by Gasteiger charge is -2.35. The number of nitrogens with one attached hydrogen (secondary N) is 1. The van der Waals surface area contributed by atoms with Gasteiger partial charge in [0.1, 0.15) is 5.75 Å². The molecule has 0 bridgehead atoms. The lowest BCUT2D eigenvalue weighted by molar-refractivity contribution is 0.146. The molecule has 0 spiro atoms. The minimum atomic E-state index is 0.277. The van der Waals surface area contributed by atoms with Crippen LogP contribution >= 0.6 is 0 Å². The van der Waals surface area contributed by atoms with Crippen molar-refractivity contribution in [2.24, 2.45) is 0 Å². The molecule has 4 nitrogen and oxygen atoms in total. The van der Waals surface area contributed by atoms with Crippen LogP contribution in [0.5, 0.6) is 5.75 Å². The van der Waals surface area contributed by atoms with Gasteiger partial charge in [0.05, 0.1) is 0 Å². The van der Waals surface area contributed by atoms with Gasteiger partial charge in [0.15, 0.2) is 0 Å². The van der Waals surface area contributed by atoms with Crippen molar-refractivity contribution in [3.05, 3.63) is 59.7 Å². The van der Waals surface area contributed by atoms with E-state index in [0.29, 0.717) is 6.04 Å². The van der Waals surface area contributed by atoms with Crippen molar-refractivity contribution in [2.45, 2.75) is 32.0 Å². The highest BCUT2D eigenvalue weighted by molar-refractivity contribution is 5.50. The van der Waals surface area contributed by atoms with Crippen molar-refractivity contribution in [2.75, 3.05) is 18.8 Å². The SMILES string of the molecule is Nc1ccc(O)cc1CN(Cc1ccccc1)C1CCNCC1. The Kier molecular flexibility index (Phi) is 5.16. The van der Waals surface area contributed by atoms with Gasteiger partial charge < -0.3 is 16.2 Å². The van der Waals surface area contributed by atoms with Gasteiger partial charge >= 0.3 is 0 Å². The maximum atomic E-state index is 9.77. The average Bonchev–Trinajstić information content (AvgIpc) is 2.59. The van der Waals surface area contributed by atoms with E-state index in [0.717, 1.165) is 50.3 Å². The van der Waals surface area contributed by atoms with E-state index >= 15 is 0 Å². The monoisotopic (exact) mass is 311 g/mol. The van der Waals surface area contributed by atoms with Gasteiger partial charge in [-0.1, -0.05) is 30.3 Å². The van der Waals surface area contributed by atoms with Gasteiger partial charge in [-0.05, 0) is 55.3 Å². The molecule has 1 aliphatic rings. The Morgan fingerprint density at radius 2 is 1.78 bits per heavy atom. The van der Waals surface area contributed by atoms with E-state index < -0.39 is 0 Å². The molecule has 0 aromatic heterocycles. The molecule has 0 aliphatic carbocycles. The fraction of sp³-hybridized carbons (Fsp3) is 0.368. The highest BCUT2D eigenvalue weighted by atomic mass is 16.3. The van der Waals surface area contributed by atoms with Crippen LogP contribution in [0, 0.1) is 0 Å². The standard InChI is InChI=1S/C19H25N3O/c20-19-7-6-18(23)12-16(19)14-22(17-8-10-21-11-9-17)13-15-4-2-1-3-5-15/h1-7,12,17,21,23H,8-11,13-14,20H2. The van der Waals surface area contributed by atoms with E-state index in [1.54, 1.807) is 18.2 Å². The summed E-state index contributed by atoms with van der Waals surface area (Å²) in [6.45, 7) is 3.79. The van der Waals surface area contributed by atoms with Crippen LogP contribution in [0.3, 0.4) is 0 Å². The minimum Gasteiger partial charge on any atom is -0.508 e. The summed E-state index contributed by atoms with van der Waals surface area (Å²) in [5, 5.41) is 13.2. The van der Waals surface area contributed by atoms with Crippen LogP contribution in [0.4, 0.5) is 5.69 Å². The maximum absolute atomic E-state index is 9.77. The molecule has 2 aromatic rings. The number of phenols is 1. The highest BCUT2D eigenvalue weighted by Crippen LogP contribution is 2.24. The molecule has 0 unspecified atom stereocenters. The zero-order valence-electron chi connectivity index (χ0n) is 13.4. The molecule has 0 amide bonds. The molecule has 4 N–H and O–H groups in total. The quantitative estimate of drug-likeness (QED) is 0.587. The van der Waals surface area contributed by atoms with Crippen LogP contribution in [-0.2, 0) is 13.1 Å². The Morgan fingerprint density at radius 3 is 2.52 bits per heavy atom. The Balaban J connectivity index is 1.80. The topological polar surface area (TPSA) is 61.5 Å². The summed E-state index contributed by atoms with van der Waals surface area (Å²) in [7, 11) is 0. The third-order valence-electron chi connectivity index (χ3n) is 4.55. The number of nitrogens with two attached hydrogens (primary N) is 1. The van der Waals surface area contributed by atoms with Crippen LogP contribution in [0.15, 0.2) is 48.5 Å². The molecule has 0 atom stereocenters. The Bertz CT molecular complexity index is 624. The summed E-state index contributed by atoms with van der Waals surface area (Å²) in [5.41, 5.74) is 9.17. The highest BCUT2D eigenvalue weighted by Gasteiger charge is 2.22. The summed E-state index contributed by atoms with van der Waals surface area (Å²) in [6.07, 6.45) is 2.29. The molecule has 122 valence electrons. The van der Waals surface area contributed by atoms with Crippen LogP contribution in [-0.4, -0.2) is 29.1 Å². The van der Waals surface area contributed by atoms with Gasteiger partial charge in [-0.25, -0.2) is 0 Å². The second kappa shape index (κ2) is 7.49. The first-order valence-electron chi connectivity index (χ1n) is 8.28. The number of benzene rings is 2. The average molecular weight is 311 g/mol. The van der Waals surface area contributed by atoms with E-state index in [-0.39, 0.29) is 5.75 Å². The second-order valence-electron chi connectivity index (χ2n) is 6.25. The molecular formula is C19H25N3O. The first kappa shape index (κ1) is 15.8. The summed E-state index contributed by atoms with van der Waals surface area (Å²) in [4.78, 5) is 2.49. The zero-order chi connectivity index (χ0) is 16.1. The normalized spacial score (nSPS) is 15.9. The van der Waals surface area contributed by atoms with Crippen LogP contribution < -0.4 is 11.1 Å². The fourth-order valence-electron chi connectivity index (χ4n) is 3.25. The molecule has 4 heteroatoms. The van der Waals surface area contributed by atoms with Crippen LogP contribution in [0.2, 0.25) is 0 Å². The smallest absolute Gasteiger partial charge is 0.116 e. The lowest BCUT2D eigenvalue weighted by atomic mass is 10.0. The summed E-state index contributed by atoms with van der Waals surface area (Å²) < 4.78 is 0. The minimum absolute atomic E-state index is 0.277. The van der Waals surface area contributed by atoms with E-state index in [4.69, 9.17) is 5.73 Å². The molecule has 1 heterocycles. The molecule has 3 rings (SSSR count). The van der Waals surface area contributed by atoms with Crippen molar-refractivity contribution in [1.29, 1.82) is 0 Å². The molecule has 1 saturated heterocycles. The van der Waals surface area contributed by atoms with Gasteiger partial charge in [-0.15, -0.1) is 0 Å². The molecule has 2 aromatic carbocycles. The number of phenolic OH excluding ortho intramolecular Hbond substituents is 1. The van der Waals surface area contributed by atoms with Gasteiger partial charge in [0, 0.05) is 24.8 Å². The van der Waals surface area contributed by atoms with E-state index in [9.17, 15) is 5.11 Å². The maximum Gasteiger partial charge on any atom is 0.116 e. The predicted molar refractivity (Wildman–Crippen MR) is 94.1 cm³/mol. The number of piperidine rings is 1. The third kappa shape index (κ3) is 4.24. The van der Waals surface area contributed by atoms with Gasteiger partial charge in [-0.3, -0.25) is 4.90 Å². The van der Waals surface area contributed by atoms with E-state index in [1.807, 2.05) is 6.07 Å². The van der Waals surface area contributed by atoms with Crippen molar-refractivity contribution >= 4 is 5.69 Å². The van der Waals surface area contributed by atoms with Gasteiger partial charge in [0.25, 0.3) is 0 Å². The number of aromatic hydroxyl groups is 1. The Morgan fingerprint density at radius 1 is 1.04 bits per heavy atom. The second-order valence-corrected chi connectivity index (χ2v) is 6.25. The van der Waals surface area contributed by atoms with Crippen LogP contribution in [0.1, 0.15) is 24.0 Å². The van der Waals surface area contributed by atoms with Crippen molar-refractivity contribution in [3.8, 4) is 5.75 Å². The van der Waals surface area contributed by atoms with Crippen molar-refractivity contribution in [1.82, 2.24) is 10.2 Å². The number of nitrogen functional groups attached to an aromatic ring is 1. The van der Waals surface area contributed by atoms with E-state index in [2.05, 4.69) is 34.5 Å². The van der Waals surface area contributed by atoms with Crippen molar-refractivity contribution in [3.63, 3.8) is 0 Å². The molecule has 0 saturated carbocycles. The summed E-state index contributed by atoms with van der Waals surface area (Å²) >= 11 is 0. The lowest BCUT2D eigenvalue weighted by Crippen LogP contribution is -2.42. The molecule has 1 aliphatic heterocycles. The Hall–Kier alpha value is -2.04. The van der Waals surface area contributed by atoms with Crippen LogP contribution in [0.25, 0.3) is 0 Å². The van der Waals surface area contributed by atoms with Gasteiger partial charge in [-0.2, -0.15) is 0 Å². The first-order valence-corrected chi connectivity index (χ1v) is 8.28. The first-order chi connectivity index (χ1) is 11.2. The molecule has 23 heavy (non-hydrogen) atoms. The predicted octanol–water partition coefficient (Wildman–Crippen LogP) is 2.73. The zero-order valence-corrected chi connectivity index (χ0v) is 13.4. The number of nitrogens with zero attached hydrogens (tertiary/aromatic N) is 1. The largest absolute Gasteiger partial charge is 0.508 e.